The largest absolute Gasteiger partial charge is 0.342 e. The van der Waals surface area contributed by atoms with Gasteiger partial charge in [0, 0.05) is 13.1 Å². The van der Waals surface area contributed by atoms with Crippen LogP contribution in [-0.4, -0.2) is 23.9 Å². The highest BCUT2D eigenvalue weighted by atomic mass is 16.2. The second-order valence-corrected chi connectivity index (χ2v) is 3.13. The predicted molar refractivity (Wildman–Crippen MR) is 56.6 cm³/mol. The molecule has 1 heterocycles. The lowest BCUT2D eigenvalue weighted by molar-refractivity contribution is -0.130. The predicted octanol–water partition coefficient (Wildman–Crippen LogP) is 2.33. The van der Waals surface area contributed by atoms with Crippen molar-refractivity contribution in [1.29, 1.82) is 5.26 Å². The van der Waals surface area contributed by atoms with E-state index in [1.54, 1.807) is 0 Å². The fourth-order valence-electron chi connectivity index (χ4n) is 1.50. The van der Waals surface area contributed by atoms with Crippen molar-refractivity contribution in [3.05, 3.63) is 0 Å². The molecule has 0 aliphatic carbocycles. The van der Waals surface area contributed by atoms with Crippen molar-refractivity contribution < 1.29 is 4.79 Å². The average Bonchev–Trinajstić information content (AvgIpc) is 2.49. The maximum atomic E-state index is 11.3. The maximum absolute atomic E-state index is 11.3. The molecule has 1 aliphatic rings. The smallest absolute Gasteiger partial charge is 0.236 e. The number of carbonyl (C=O) groups is 1. The summed E-state index contributed by atoms with van der Waals surface area (Å²) in [6, 6.07) is 1.89. The Morgan fingerprint density at radius 3 is 2.14 bits per heavy atom. The standard InChI is InChI=1S/C9H14N2O.C2H6/c10-6-5-9(12)11-7-3-1-2-4-8-11;1-2/h1-5,7-8H2;1-2H3. The molecule has 0 spiro atoms. The molecule has 0 radical (unpaired) electrons. The summed E-state index contributed by atoms with van der Waals surface area (Å²) >= 11 is 0. The van der Waals surface area contributed by atoms with E-state index in [2.05, 4.69) is 0 Å². The molecule has 1 aliphatic heterocycles. The number of likely N-dealkylation sites (tertiary alicyclic amines) is 1. The highest BCUT2D eigenvalue weighted by molar-refractivity contribution is 5.78. The summed E-state index contributed by atoms with van der Waals surface area (Å²) in [5.41, 5.74) is 0. The second kappa shape index (κ2) is 8.55. The van der Waals surface area contributed by atoms with Crippen LogP contribution in [0.1, 0.15) is 46.0 Å². The lowest BCUT2D eigenvalue weighted by Gasteiger charge is -2.18. The molecule has 0 N–H and O–H groups in total. The van der Waals surface area contributed by atoms with Crippen LogP contribution in [0.2, 0.25) is 0 Å². The maximum Gasteiger partial charge on any atom is 0.236 e. The van der Waals surface area contributed by atoms with Crippen molar-refractivity contribution in [1.82, 2.24) is 4.90 Å². The summed E-state index contributed by atoms with van der Waals surface area (Å²) in [6.07, 6.45) is 4.67. The molecule has 0 unspecified atom stereocenters. The second-order valence-electron chi connectivity index (χ2n) is 3.13. The lowest BCUT2D eigenvalue weighted by atomic mass is 10.2. The quantitative estimate of drug-likeness (QED) is 0.646. The lowest BCUT2D eigenvalue weighted by Crippen LogP contribution is -2.31. The molecule has 0 saturated carbocycles. The van der Waals surface area contributed by atoms with Crippen LogP contribution in [0.5, 0.6) is 0 Å². The van der Waals surface area contributed by atoms with Crippen LogP contribution in [0, 0.1) is 11.3 Å². The first-order valence-corrected chi connectivity index (χ1v) is 5.49. The van der Waals surface area contributed by atoms with Gasteiger partial charge in [-0.2, -0.15) is 5.26 Å². The molecule has 1 amide bonds. The van der Waals surface area contributed by atoms with Crippen molar-refractivity contribution in [2.45, 2.75) is 46.0 Å². The number of rotatable bonds is 1. The van der Waals surface area contributed by atoms with Gasteiger partial charge in [0.2, 0.25) is 5.91 Å². The minimum Gasteiger partial charge on any atom is -0.342 e. The summed E-state index contributed by atoms with van der Waals surface area (Å²) < 4.78 is 0. The van der Waals surface area contributed by atoms with E-state index in [1.165, 1.54) is 12.8 Å². The van der Waals surface area contributed by atoms with E-state index < -0.39 is 0 Å². The van der Waals surface area contributed by atoms with Crippen molar-refractivity contribution in [3.8, 4) is 6.07 Å². The highest BCUT2D eigenvalue weighted by Crippen LogP contribution is 2.10. The Balaban J connectivity index is 0.000000791. The monoisotopic (exact) mass is 196 g/mol. The van der Waals surface area contributed by atoms with Crippen LogP contribution in [0.15, 0.2) is 0 Å². The number of amides is 1. The zero-order valence-electron chi connectivity index (χ0n) is 9.25. The van der Waals surface area contributed by atoms with E-state index in [0.717, 1.165) is 25.9 Å². The normalized spacial score (nSPS) is 15.9. The molecule has 14 heavy (non-hydrogen) atoms. The van der Waals surface area contributed by atoms with E-state index in [0.29, 0.717) is 0 Å². The van der Waals surface area contributed by atoms with E-state index in [-0.39, 0.29) is 12.3 Å². The van der Waals surface area contributed by atoms with Gasteiger partial charge in [-0.3, -0.25) is 4.79 Å². The molecule has 1 fully saturated rings. The molecule has 0 aromatic carbocycles. The Kier molecular flexibility index (Phi) is 7.92. The van der Waals surface area contributed by atoms with Gasteiger partial charge in [0.25, 0.3) is 0 Å². The minimum absolute atomic E-state index is 0.000556. The van der Waals surface area contributed by atoms with Gasteiger partial charge in [-0.05, 0) is 12.8 Å². The third-order valence-corrected chi connectivity index (χ3v) is 2.19. The summed E-state index contributed by atoms with van der Waals surface area (Å²) in [6.45, 7) is 5.70. The molecular weight excluding hydrogens is 176 g/mol. The fraction of sp³-hybridized carbons (Fsp3) is 0.818. The number of nitriles is 1. The molecule has 1 rings (SSSR count). The van der Waals surface area contributed by atoms with E-state index in [1.807, 2.05) is 24.8 Å². The SMILES string of the molecule is CC.N#CCC(=O)N1CCCCCC1. The Hall–Kier alpha value is -1.04. The summed E-state index contributed by atoms with van der Waals surface area (Å²) in [5.74, 6) is -0.000556. The Labute approximate surface area is 86.7 Å². The van der Waals surface area contributed by atoms with Crippen LogP contribution in [0.3, 0.4) is 0 Å². The topological polar surface area (TPSA) is 44.1 Å². The molecule has 0 bridgehead atoms. The van der Waals surface area contributed by atoms with Gasteiger partial charge in [0.15, 0.2) is 0 Å². The van der Waals surface area contributed by atoms with Crippen LogP contribution >= 0.6 is 0 Å². The van der Waals surface area contributed by atoms with Crippen LogP contribution in [0.25, 0.3) is 0 Å². The Morgan fingerprint density at radius 1 is 1.21 bits per heavy atom. The van der Waals surface area contributed by atoms with Gasteiger partial charge < -0.3 is 4.90 Å². The zero-order valence-corrected chi connectivity index (χ0v) is 9.25. The van der Waals surface area contributed by atoms with E-state index >= 15 is 0 Å². The number of carbonyl (C=O) groups excluding carboxylic acids is 1. The Bertz CT molecular complexity index is 188. The molecule has 0 aromatic heterocycles. The average molecular weight is 196 g/mol. The van der Waals surface area contributed by atoms with Crippen molar-refractivity contribution in [2.24, 2.45) is 0 Å². The Morgan fingerprint density at radius 2 is 1.71 bits per heavy atom. The van der Waals surface area contributed by atoms with E-state index in [9.17, 15) is 4.79 Å². The van der Waals surface area contributed by atoms with Crippen LogP contribution in [-0.2, 0) is 4.79 Å². The van der Waals surface area contributed by atoms with Gasteiger partial charge in [-0.25, -0.2) is 0 Å². The first kappa shape index (κ1) is 13.0. The number of hydrogen-bond acceptors (Lipinski definition) is 2. The molecular formula is C11H20N2O. The first-order chi connectivity index (χ1) is 6.84. The van der Waals surface area contributed by atoms with Crippen LogP contribution in [0.4, 0.5) is 0 Å². The summed E-state index contributed by atoms with van der Waals surface area (Å²) in [5, 5.41) is 8.34. The third kappa shape index (κ3) is 4.86. The van der Waals surface area contributed by atoms with Crippen molar-refractivity contribution in [3.63, 3.8) is 0 Å². The van der Waals surface area contributed by atoms with Gasteiger partial charge >= 0.3 is 0 Å². The third-order valence-electron chi connectivity index (χ3n) is 2.19. The van der Waals surface area contributed by atoms with Gasteiger partial charge in [0.1, 0.15) is 6.42 Å². The molecule has 3 nitrogen and oxygen atoms in total. The molecule has 80 valence electrons. The fourth-order valence-corrected chi connectivity index (χ4v) is 1.50. The number of hydrogen-bond donors (Lipinski definition) is 0. The van der Waals surface area contributed by atoms with Crippen LogP contribution < -0.4 is 0 Å². The summed E-state index contributed by atoms with van der Waals surface area (Å²) in [7, 11) is 0. The number of nitrogens with zero attached hydrogens (tertiary/aromatic N) is 2. The van der Waals surface area contributed by atoms with Gasteiger partial charge in [-0.1, -0.05) is 26.7 Å². The molecule has 0 aromatic rings. The zero-order chi connectivity index (χ0) is 10.8. The molecule has 0 atom stereocenters. The van der Waals surface area contributed by atoms with Crippen molar-refractivity contribution in [2.75, 3.05) is 13.1 Å². The van der Waals surface area contributed by atoms with Gasteiger partial charge in [-0.15, -0.1) is 0 Å². The van der Waals surface area contributed by atoms with E-state index in [4.69, 9.17) is 5.26 Å². The highest BCUT2D eigenvalue weighted by Gasteiger charge is 2.14. The van der Waals surface area contributed by atoms with Gasteiger partial charge in [0.05, 0.1) is 6.07 Å². The van der Waals surface area contributed by atoms with Crippen molar-refractivity contribution >= 4 is 5.91 Å². The summed E-state index contributed by atoms with van der Waals surface area (Å²) in [4.78, 5) is 13.1. The molecule has 3 heteroatoms. The molecule has 1 saturated heterocycles. The first-order valence-electron chi connectivity index (χ1n) is 5.49. The minimum atomic E-state index is -0.000556.